The van der Waals surface area contributed by atoms with Crippen molar-refractivity contribution in [3.05, 3.63) is 16.1 Å². The maximum Gasteiger partial charge on any atom is 0.306 e. The van der Waals surface area contributed by atoms with E-state index < -0.39 is 5.97 Å². The zero-order valence-corrected chi connectivity index (χ0v) is 13.5. The fraction of sp³-hybridized carbons (Fsp3) is 0.667. The zero-order chi connectivity index (χ0) is 15.6. The van der Waals surface area contributed by atoms with Crippen LogP contribution in [0, 0.1) is 5.92 Å². The predicted molar refractivity (Wildman–Crippen MR) is 81.7 cm³/mol. The number of carbonyl (C=O) groups excluding carboxylic acids is 1. The van der Waals surface area contributed by atoms with Gasteiger partial charge in [0.2, 0.25) is 0 Å². The summed E-state index contributed by atoms with van der Waals surface area (Å²) in [4.78, 5) is 27.5. The average Bonchev–Trinajstić information content (AvgIpc) is 2.88. The average molecular weight is 310 g/mol. The number of aromatic nitrogens is 1. The Balaban J connectivity index is 1.91. The third-order valence-corrected chi connectivity index (χ3v) is 5.06. The lowest BCUT2D eigenvalue weighted by molar-refractivity contribution is -0.142. The largest absolute Gasteiger partial charge is 0.481 e. The molecule has 1 aliphatic carbocycles. The van der Waals surface area contributed by atoms with E-state index in [4.69, 9.17) is 5.11 Å². The molecule has 6 heteroatoms. The van der Waals surface area contributed by atoms with Crippen molar-refractivity contribution in [1.82, 2.24) is 10.3 Å². The maximum absolute atomic E-state index is 12.2. The molecule has 1 saturated carbocycles. The molecule has 1 aliphatic rings. The molecule has 1 fully saturated rings. The van der Waals surface area contributed by atoms with Crippen molar-refractivity contribution in [2.75, 3.05) is 0 Å². The van der Waals surface area contributed by atoms with E-state index in [2.05, 4.69) is 31.1 Å². The molecule has 0 radical (unpaired) electrons. The molecule has 116 valence electrons. The van der Waals surface area contributed by atoms with Gasteiger partial charge in [-0.2, -0.15) is 0 Å². The molecule has 0 spiro atoms. The third-order valence-electron chi connectivity index (χ3n) is 3.79. The minimum Gasteiger partial charge on any atom is -0.481 e. The van der Waals surface area contributed by atoms with Gasteiger partial charge in [-0.25, -0.2) is 4.98 Å². The number of carbonyl (C=O) groups is 2. The van der Waals surface area contributed by atoms with Crippen LogP contribution in [0.4, 0.5) is 0 Å². The van der Waals surface area contributed by atoms with Crippen LogP contribution in [0.5, 0.6) is 0 Å². The predicted octanol–water partition coefficient (Wildman–Crippen LogP) is 2.81. The summed E-state index contributed by atoms with van der Waals surface area (Å²) >= 11 is 1.50. The van der Waals surface area contributed by atoms with Gasteiger partial charge in [-0.1, -0.05) is 20.8 Å². The van der Waals surface area contributed by atoms with E-state index in [-0.39, 0.29) is 23.3 Å². The first kappa shape index (κ1) is 15.9. The summed E-state index contributed by atoms with van der Waals surface area (Å²) in [5, 5.41) is 14.7. The highest BCUT2D eigenvalue weighted by atomic mass is 32.1. The van der Waals surface area contributed by atoms with E-state index in [1.54, 1.807) is 5.38 Å². The van der Waals surface area contributed by atoms with Gasteiger partial charge in [-0.15, -0.1) is 11.3 Å². The SMILES string of the molecule is CC(C)(C)c1nc(C(=O)NC2CCC(C(=O)O)CC2)cs1. The Kier molecular flexibility index (Phi) is 4.66. The van der Waals surface area contributed by atoms with Crippen LogP contribution in [-0.4, -0.2) is 28.0 Å². The second-order valence-electron chi connectivity index (χ2n) is 6.65. The quantitative estimate of drug-likeness (QED) is 0.899. The van der Waals surface area contributed by atoms with Crippen molar-refractivity contribution in [2.45, 2.75) is 57.9 Å². The van der Waals surface area contributed by atoms with E-state index >= 15 is 0 Å². The van der Waals surface area contributed by atoms with Crippen LogP contribution >= 0.6 is 11.3 Å². The van der Waals surface area contributed by atoms with E-state index in [9.17, 15) is 9.59 Å². The monoisotopic (exact) mass is 310 g/mol. The summed E-state index contributed by atoms with van der Waals surface area (Å²) in [5.74, 6) is -1.14. The van der Waals surface area contributed by atoms with Gasteiger partial charge >= 0.3 is 5.97 Å². The van der Waals surface area contributed by atoms with Crippen LogP contribution in [0.25, 0.3) is 0 Å². The second kappa shape index (κ2) is 6.13. The molecule has 0 bridgehead atoms. The molecule has 0 aliphatic heterocycles. The molecule has 0 saturated heterocycles. The van der Waals surface area contributed by atoms with Crippen molar-refractivity contribution in [3.63, 3.8) is 0 Å². The van der Waals surface area contributed by atoms with Crippen molar-refractivity contribution < 1.29 is 14.7 Å². The van der Waals surface area contributed by atoms with Crippen molar-refractivity contribution in [3.8, 4) is 0 Å². The summed E-state index contributed by atoms with van der Waals surface area (Å²) in [6.45, 7) is 6.21. The summed E-state index contributed by atoms with van der Waals surface area (Å²) in [6, 6.07) is 0.0629. The minimum atomic E-state index is -0.728. The van der Waals surface area contributed by atoms with Gasteiger partial charge in [0, 0.05) is 16.8 Å². The highest BCUT2D eigenvalue weighted by Gasteiger charge is 2.27. The molecular formula is C15H22N2O3S. The molecule has 0 unspecified atom stereocenters. The number of carboxylic acid groups (broad SMARTS) is 1. The van der Waals surface area contributed by atoms with Gasteiger partial charge in [0.1, 0.15) is 5.69 Å². The zero-order valence-electron chi connectivity index (χ0n) is 12.7. The standard InChI is InChI=1S/C15H22N2O3S/c1-15(2,3)14-17-11(8-21-14)12(18)16-10-6-4-9(5-7-10)13(19)20/h8-10H,4-7H2,1-3H3,(H,16,18)(H,19,20). The van der Waals surface area contributed by atoms with Crippen molar-refractivity contribution >= 4 is 23.2 Å². The van der Waals surface area contributed by atoms with Crippen molar-refractivity contribution in [2.24, 2.45) is 5.92 Å². The van der Waals surface area contributed by atoms with Crippen LogP contribution in [0.2, 0.25) is 0 Å². The van der Waals surface area contributed by atoms with Gasteiger partial charge in [-0.3, -0.25) is 9.59 Å². The van der Waals surface area contributed by atoms with Gasteiger partial charge < -0.3 is 10.4 Å². The Morgan fingerprint density at radius 3 is 2.38 bits per heavy atom. The van der Waals surface area contributed by atoms with Crippen LogP contribution in [0.15, 0.2) is 5.38 Å². The lowest BCUT2D eigenvalue weighted by Crippen LogP contribution is -2.38. The highest BCUT2D eigenvalue weighted by molar-refractivity contribution is 7.10. The Morgan fingerprint density at radius 1 is 1.29 bits per heavy atom. The minimum absolute atomic E-state index is 0.0528. The Morgan fingerprint density at radius 2 is 1.90 bits per heavy atom. The molecule has 1 heterocycles. The van der Waals surface area contributed by atoms with Gasteiger partial charge in [0.25, 0.3) is 5.91 Å². The van der Waals surface area contributed by atoms with Gasteiger partial charge in [-0.05, 0) is 25.7 Å². The molecule has 0 atom stereocenters. The highest BCUT2D eigenvalue weighted by Crippen LogP contribution is 2.27. The fourth-order valence-corrected chi connectivity index (χ4v) is 3.35. The molecule has 0 aromatic carbocycles. The van der Waals surface area contributed by atoms with Gasteiger partial charge in [0.15, 0.2) is 0 Å². The Labute approximate surface area is 128 Å². The molecule has 1 aromatic rings. The first-order valence-electron chi connectivity index (χ1n) is 7.27. The number of nitrogens with zero attached hydrogens (tertiary/aromatic N) is 1. The summed E-state index contributed by atoms with van der Waals surface area (Å²) in [6.07, 6.45) is 2.70. The number of aliphatic carboxylic acids is 1. The Bertz CT molecular complexity index is 525. The number of rotatable bonds is 3. The van der Waals surface area contributed by atoms with Crippen LogP contribution in [0.3, 0.4) is 0 Å². The molecule has 1 amide bonds. The van der Waals surface area contributed by atoms with Crippen molar-refractivity contribution in [1.29, 1.82) is 0 Å². The van der Waals surface area contributed by atoms with Crippen LogP contribution < -0.4 is 5.32 Å². The topological polar surface area (TPSA) is 79.3 Å². The summed E-state index contributed by atoms with van der Waals surface area (Å²) in [5.41, 5.74) is 0.410. The van der Waals surface area contributed by atoms with E-state index in [0.717, 1.165) is 17.8 Å². The van der Waals surface area contributed by atoms with Crippen LogP contribution in [-0.2, 0) is 10.2 Å². The maximum atomic E-state index is 12.2. The molecule has 21 heavy (non-hydrogen) atoms. The molecule has 1 aromatic heterocycles. The number of hydrogen-bond donors (Lipinski definition) is 2. The number of hydrogen-bond acceptors (Lipinski definition) is 4. The van der Waals surface area contributed by atoms with E-state index in [0.29, 0.717) is 18.5 Å². The summed E-state index contributed by atoms with van der Waals surface area (Å²) in [7, 11) is 0. The number of amides is 1. The molecular weight excluding hydrogens is 288 g/mol. The molecule has 5 nitrogen and oxygen atoms in total. The summed E-state index contributed by atoms with van der Waals surface area (Å²) < 4.78 is 0. The lowest BCUT2D eigenvalue weighted by atomic mass is 9.86. The molecule has 2 N–H and O–H groups in total. The second-order valence-corrected chi connectivity index (χ2v) is 7.51. The third kappa shape index (κ3) is 4.03. The van der Waals surface area contributed by atoms with Gasteiger partial charge in [0.05, 0.1) is 10.9 Å². The lowest BCUT2D eigenvalue weighted by Gasteiger charge is -2.26. The number of carboxylic acids is 1. The first-order chi connectivity index (χ1) is 9.77. The Hall–Kier alpha value is -1.43. The van der Waals surface area contributed by atoms with E-state index in [1.807, 2.05) is 0 Å². The first-order valence-corrected chi connectivity index (χ1v) is 8.15. The fourth-order valence-electron chi connectivity index (χ4n) is 2.47. The van der Waals surface area contributed by atoms with E-state index in [1.165, 1.54) is 11.3 Å². The number of nitrogens with one attached hydrogen (secondary N) is 1. The number of thiazole rings is 1. The normalized spacial score (nSPS) is 22.8. The molecule has 2 rings (SSSR count). The van der Waals surface area contributed by atoms with Crippen LogP contribution in [0.1, 0.15) is 62.0 Å². The smallest absolute Gasteiger partial charge is 0.306 e.